The number of hydrogen-bond acceptors (Lipinski definition) is 2. The van der Waals surface area contributed by atoms with E-state index in [-0.39, 0.29) is 11.9 Å². The Hall–Kier alpha value is -0.450. The third-order valence-corrected chi connectivity index (χ3v) is 4.88. The van der Waals surface area contributed by atoms with E-state index in [4.69, 9.17) is 0 Å². The molecule has 0 saturated carbocycles. The first-order valence-electron chi connectivity index (χ1n) is 7.39. The van der Waals surface area contributed by atoms with Crippen molar-refractivity contribution in [1.29, 1.82) is 0 Å². The molecule has 1 aromatic carbocycles. The highest BCUT2D eigenvalue weighted by molar-refractivity contribution is 9.10. The largest absolute Gasteiger partial charge is 0.310 e. The Labute approximate surface area is 129 Å². The molecule has 0 aromatic heterocycles. The normalized spacial score (nSPS) is 21.6. The lowest BCUT2D eigenvalue weighted by atomic mass is 10.1. The molecule has 0 aliphatic carbocycles. The zero-order valence-electron chi connectivity index (χ0n) is 12.5. The second kappa shape index (κ2) is 7.01. The van der Waals surface area contributed by atoms with Crippen LogP contribution < -0.4 is 5.32 Å². The number of nitrogens with zero attached hydrogens (tertiary/aromatic N) is 1. The number of halogens is 2. The summed E-state index contributed by atoms with van der Waals surface area (Å²) in [7, 11) is 0. The second-order valence-corrected chi connectivity index (χ2v) is 6.89. The van der Waals surface area contributed by atoms with Gasteiger partial charge in [-0.05, 0) is 63.9 Å². The molecule has 4 heteroatoms. The van der Waals surface area contributed by atoms with Gasteiger partial charge in [-0.25, -0.2) is 4.39 Å². The van der Waals surface area contributed by atoms with Crippen molar-refractivity contribution < 1.29 is 4.39 Å². The Balaban J connectivity index is 1.85. The van der Waals surface area contributed by atoms with Crippen LogP contribution in [0.5, 0.6) is 0 Å². The van der Waals surface area contributed by atoms with Crippen LogP contribution >= 0.6 is 15.9 Å². The summed E-state index contributed by atoms with van der Waals surface area (Å²) in [4.78, 5) is 2.53. The molecule has 1 saturated heterocycles. The second-order valence-electron chi connectivity index (χ2n) is 6.04. The summed E-state index contributed by atoms with van der Waals surface area (Å²) in [5.41, 5.74) is 1.12. The predicted octanol–water partition coefficient (Wildman–Crippen LogP) is 3.97. The van der Waals surface area contributed by atoms with Crippen LogP contribution in [0.1, 0.15) is 38.8 Å². The first kappa shape index (κ1) is 15.9. The highest BCUT2D eigenvalue weighted by Crippen LogP contribution is 2.25. The molecule has 0 amide bonds. The molecule has 0 radical (unpaired) electrons. The Morgan fingerprint density at radius 3 is 2.75 bits per heavy atom. The van der Waals surface area contributed by atoms with Crippen molar-refractivity contribution in [2.75, 3.05) is 19.6 Å². The van der Waals surface area contributed by atoms with E-state index in [0.29, 0.717) is 6.04 Å². The van der Waals surface area contributed by atoms with E-state index in [0.717, 1.165) is 22.5 Å². The standard InChI is InChI=1S/C16H24BrFN2/c1-11(2)20-7-6-13(10-20)9-19-12(3)15-5-4-14(18)8-16(15)17/h4-5,8,11-13,19H,6-7,9-10H2,1-3H3. The molecule has 1 N–H and O–H groups in total. The number of hydrogen-bond donors (Lipinski definition) is 1. The Bertz CT molecular complexity index is 450. The summed E-state index contributed by atoms with van der Waals surface area (Å²) in [5.74, 6) is 0.523. The van der Waals surface area contributed by atoms with Gasteiger partial charge >= 0.3 is 0 Å². The Morgan fingerprint density at radius 1 is 1.40 bits per heavy atom. The van der Waals surface area contributed by atoms with E-state index in [1.54, 1.807) is 0 Å². The fourth-order valence-electron chi connectivity index (χ4n) is 2.80. The summed E-state index contributed by atoms with van der Waals surface area (Å²) in [5, 5.41) is 3.58. The minimum absolute atomic E-state index is 0.198. The lowest BCUT2D eigenvalue weighted by molar-refractivity contribution is 0.263. The van der Waals surface area contributed by atoms with Gasteiger partial charge in [0, 0.05) is 23.1 Å². The fraction of sp³-hybridized carbons (Fsp3) is 0.625. The first-order valence-corrected chi connectivity index (χ1v) is 8.19. The SMILES string of the molecule is CC(NCC1CCN(C(C)C)C1)c1ccc(F)cc1Br. The smallest absolute Gasteiger partial charge is 0.124 e. The predicted molar refractivity (Wildman–Crippen MR) is 85.3 cm³/mol. The van der Waals surface area contributed by atoms with Gasteiger partial charge in [0.05, 0.1) is 0 Å². The highest BCUT2D eigenvalue weighted by Gasteiger charge is 2.24. The molecule has 2 rings (SSSR count). The minimum atomic E-state index is -0.198. The first-order chi connectivity index (χ1) is 9.47. The third kappa shape index (κ3) is 4.03. The van der Waals surface area contributed by atoms with Crippen molar-refractivity contribution in [1.82, 2.24) is 10.2 Å². The van der Waals surface area contributed by atoms with Crippen molar-refractivity contribution in [2.24, 2.45) is 5.92 Å². The molecule has 2 atom stereocenters. The molecule has 112 valence electrons. The quantitative estimate of drug-likeness (QED) is 0.870. The van der Waals surface area contributed by atoms with Crippen molar-refractivity contribution in [3.8, 4) is 0 Å². The molecule has 0 spiro atoms. The molecule has 2 unspecified atom stereocenters. The van der Waals surface area contributed by atoms with Gasteiger partial charge in [0.15, 0.2) is 0 Å². The number of likely N-dealkylation sites (tertiary alicyclic amines) is 1. The molecule has 2 nitrogen and oxygen atoms in total. The van der Waals surface area contributed by atoms with Crippen molar-refractivity contribution in [2.45, 2.75) is 39.3 Å². The molecule has 1 aromatic rings. The highest BCUT2D eigenvalue weighted by atomic mass is 79.9. The summed E-state index contributed by atoms with van der Waals surface area (Å²) >= 11 is 3.44. The summed E-state index contributed by atoms with van der Waals surface area (Å²) < 4.78 is 13.9. The lowest BCUT2D eigenvalue weighted by Crippen LogP contribution is -2.31. The van der Waals surface area contributed by atoms with Gasteiger partial charge in [0.2, 0.25) is 0 Å². The maximum Gasteiger partial charge on any atom is 0.124 e. The van der Waals surface area contributed by atoms with Crippen LogP contribution in [0.25, 0.3) is 0 Å². The molecule has 1 aliphatic heterocycles. The molecular weight excluding hydrogens is 319 g/mol. The van der Waals surface area contributed by atoms with E-state index in [2.05, 4.69) is 46.9 Å². The number of benzene rings is 1. The zero-order chi connectivity index (χ0) is 14.7. The maximum atomic E-state index is 13.1. The molecule has 0 bridgehead atoms. The van der Waals surface area contributed by atoms with Gasteiger partial charge in [0.25, 0.3) is 0 Å². The molecular formula is C16H24BrFN2. The molecule has 1 heterocycles. The maximum absolute atomic E-state index is 13.1. The van der Waals surface area contributed by atoms with Crippen molar-refractivity contribution >= 4 is 15.9 Å². The van der Waals surface area contributed by atoms with E-state index < -0.39 is 0 Å². The Kier molecular flexibility index (Phi) is 5.58. The van der Waals surface area contributed by atoms with Gasteiger partial charge in [-0.3, -0.25) is 0 Å². The minimum Gasteiger partial charge on any atom is -0.310 e. The van der Waals surface area contributed by atoms with Gasteiger partial charge in [-0.1, -0.05) is 22.0 Å². The van der Waals surface area contributed by atoms with Crippen LogP contribution in [0, 0.1) is 11.7 Å². The molecule has 1 aliphatic rings. The van der Waals surface area contributed by atoms with E-state index in [1.165, 1.54) is 31.6 Å². The van der Waals surface area contributed by atoms with E-state index in [9.17, 15) is 4.39 Å². The summed E-state index contributed by atoms with van der Waals surface area (Å²) in [6.45, 7) is 10.1. The summed E-state index contributed by atoms with van der Waals surface area (Å²) in [6.07, 6.45) is 1.27. The molecule has 1 fully saturated rings. The average molecular weight is 343 g/mol. The zero-order valence-corrected chi connectivity index (χ0v) is 14.1. The lowest BCUT2D eigenvalue weighted by Gasteiger charge is -2.21. The van der Waals surface area contributed by atoms with Gasteiger partial charge in [0.1, 0.15) is 5.82 Å². The van der Waals surface area contributed by atoms with Crippen LogP contribution in [-0.4, -0.2) is 30.6 Å². The van der Waals surface area contributed by atoms with Gasteiger partial charge in [-0.15, -0.1) is 0 Å². The van der Waals surface area contributed by atoms with Crippen LogP contribution in [0.4, 0.5) is 4.39 Å². The average Bonchev–Trinajstić information content (AvgIpc) is 2.85. The number of rotatable bonds is 5. The van der Waals surface area contributed by atoms with Crippen LogP contribution in [-0.2, 0) is 0 Å². The monoisotopic (exact) mass is 342 g/mol. The van der Waals surface area contributed by atoms with Crippen molar-refractivity contribution in [3.63, 3.8) is 0 Å². The van der Waals surface area contributed by atoms with Gasteiger partial charge < -0.3 is 10.2 Å². The molecule has 20 heavy (non-hydrogen) atoms. The van der Waals surface area contributed by atoms with E-state index in [1.807, 2.05) is 6.07 Å². The van der Waals surface area contributed by atoms with Crippen LogP contribution in [0.2, 0.25) is 0 Å². The van der Waals surface area contributed by atoms with Gasteiger partial charge in [-0.2, -0.15) is 0 Å². The topological polar surface area (TPSA) is 15.3 Å². The summed E-state index contributed by atoms with van der Waals surface area (Å²) in [6, 6.07) is 5.78. The number of nitrogens with one attached hydrogen (secondary N) is 1. The van der Waals surface area contributed by atoms with Crippen LogP contribution in [0.15, 0.2) is 22.7 Å². The van der Waals surface area contributed by atoms with E-state index >= 15 is 0 Å². The van der Waals surface area contributed by atoms with Crippen molar-refractivity contribution in [3.05, 3.63) is 34.1 Å². The fourth-order valence-corrected chi connectivity index (χ4v) is 3.50. The third-order valence-electron chi connectivity index (χ3n) is 4.19. The Morgan fingerprint density at radius 2 is 2.15 bits per heavy atom. The van der Waals surface area contributed by atoms with Crippen LogP contribution in [0.3, 0.4) is 0 Å².